The van der Waals surface area contributed by atoms with E-state index in [1.54, 1.807) is 25.1 Å². The van der Waals surface area contributed by atoms with Crippen LogP contribution < -0.4 is 4.74 Å². The molecule has 2 heterocycles. The molecule has 110 valence electrons. The third-order valence-corrected chi connectivity index (χ3v) is 3.25. The maximum Gasteiger partial charge on any atom is 0.354 e. The Morgan fingerprint density at radius 2 is 2.33 bits per heavy atom. The van der Waals surface area contributed by atoms with E-state index in [9.17, 15) is 9.59 Å². The summed E-state index contributed by atoms with van der Waals surface area (Å²) in [6.45, 7) is 3.14. The van der Waals surface area contributed by atoms with Gasteiger partial charge < -0.3 is 19.2 Å². The largest absolute Gasteiger partial charge is 0.490 e. The Bertz CT molecular complexity index is 687. The van der Waals surface area contributed by atoms with Crippen LogP contribution in [0.2, 0.25) is 0 Å². The van der Waals surface area contributed by atoms with Gasteiger partial charge in [-0.1, -0.05) is 0 Å². The van der Waals surface area contributed by atoms with Gasteiger partial charge in [-0.05, 0) is 25.1 Å². The molecule has 1 aromatic carbocycles. The number of hydrogen-bond acceptors (Lipinski definition) is 5. The summed E-state index contributed by atoms with van der Waals surface area (Å²) in [7, 11) is 0. The van der Waals surface area contributed by atoms with Crippen LogP contribution in [0.5, 0.6) is 5.75 Å². The highest BCUT2D eigenvalue weighted by atomic mass is 16.6. The Labute approximate surface area is 121 Å². The molecule has 0 amide bonds. The molecular weight excluding hydrogens is 274 g/mol. The van der Waals surface area contributed by atoms with Crippen molar-refractivity contribution in [1.29, 1.82) is 0 Å². The zero-order valence-electron chi connectivity index (χ0n) is 11.5. The van der Waals surface area contributed by atoms with Crippen molar-refractivity contribution in [2.45, 2.75) is 13.0 Å². The molecule has 0 bridgehead atoms. The maximum atomic E-state index is 11.7. The Morgan fingerprint density at radius 1 is 1.52 bits per heavy atom. The van der Waals surface area contributed by atoms with Gasteiger partial charge in [0.05, 0.1) is 18.8 Å². The lowest BCUT2D eigenvalue weighted by atomic mass is 10.1. The average molecular weight is 289 g/mol. The first-order chi connectivity index (χ1) is 10.2. The zero-order valence-corrected chi connectivity index (χ0v) is 11.5. The van der Waals surface area contributed by atoms with E-state index < -0.39 is 5.97 Å². The number of nitrogens with one attached hydrogen (secondary N) is 1. The number of aromatic nitrogens is 1. The molecule has 6 nitrogen and oxygen atoms in total. The number of hydrogen-bond donors (Lipinski definition) is 1. The van der Waals surface area contributed by atoms with Crippen molar-refractivity contribution in [1.82, 2.24) is 4.98 Å². The van der Waals surface area contributed by atoms with Crippen LogP contribution >= 0.6 is 0 Å². The number of esters is 1. The van der Waals surface area contributed by atoms with E-state index in [0.29, 0.717) is 47.7 Å². The van der Waals surface area contributed by atoms with Crippen molar-refractivity contribution < 1.29 is 23.8 Å². The normalized spacial score (nSPS) is 16.7. The molecule has 1 aliphatic rings. The molecule has 0 aliphatic carbocycles. The quantitative estimate of drug-likeness (QED) is 0.499. The van der Waals surface area contributed by atoms with Crippen molar-refractivity contribution in [3.63, 3.8) is 0 Å². The monoisotopic (exact) mass is 289 g/mol. The second-order valence-electron chi connectivity index (χ2n) is 4.73. The highest BCUT2D eigenvalue weighted by molar-refractivity contribution is 6.03. The van der Waals surface area contributed by atoms with E-state index in [1.807, 2.05) is 0 Å². The molecule has 1 N–H and O–H groups in total. The molecule has 6 heteroatoms. The summed E-state index contributed by atoms with van der Waals surface area (Å²) < 4.78 is 15.6. The molecule has 21 heavy (non-hydrogen) atoms. The third kappa shape index (κ3) is 2.75. The lowest BCUT2D eigenvalue weighted by molar-refractivity contribution is 0.0520. The first kappa shape index (κ1) is 13.6. The predicted molar refractivity (Wildman–Crippen MR) is 74.9 cm³/mol. The second-order valence-corrected chi connectivity index (χ2v) is 4.73. The van der Waals surface area contributed by atoms with E-state index in [-0.39, 0.29) is 6.10 Å². The Balaban J connectivity index is 1.94. The lowest BCUT2D eigenvalue weighted by Gasteiger charge is -2.07. The van der Waals surface area contributed by atoms with Gasteiger partial charge in [0.2, 0.25) is 0 Å². The molecule has 0 radical (unpaired) electrons. The molecule has 1 atom stereocenters. The van der Waals surface area contributed by atoms with Gasteiger partial charge in [-0.3, -0.25) is 4.79 Å². The van der Waals surface area contributed by atoms with Gasteiger partial charge in [0.1, 0.15) is 24.2 Å². The number of aromatic amines is 1. The van der Waals surface area contributed by atoms with Crippen LogP contribution in [-0.2, 0) is 9.47 Å². The van der Waals surface area contributed by atoms with Crippen molar-refractivity contribution in [2.75, 3.05) is 19.8 Å². The highest BCUT2D eigenvalue weighted by Crippen LogP contribution is 2.28. The first-order valence-corrected chi connectivity index (χ1v) is 6.75. The van der Waals surface area contributed by atoms with Crippen LogP contribution in [0.15, 0.2) is 18.2 Å². The number of H-pyrrole nitrogens is 1. The molecule has 1 aliphatic heterocycles. The van der Waals surface area contributed by atoms with E-state index >= 15 is 0 Å². The van der Waals surface area contributed by atoms with Gasteiger partial charge in [0.25, 0.3) is 0 Å². The number of fused-ring (bicyclic) bond motifs is 1. The average Bonchev–Trinajstić information content (AvgIpc) is 3.21. The van der Waals surface area contributed by atoms with E-state index in [0.717, 1.165) is 6.29 Å². The fourth-order valence-corrected chi connectivity index (χ4v) is 2.12. The summed E-state index contributed by atoms with van der Waals surface area (Å²) in [6, 6.07) is 5.09. The number of benzene rings is 1. The maximum absolute atomic E-state index is 11.7. The number of epoxide rings is 1. The van der Waals surface area contributed by atoms with Crippen molar-refractivity contribution in [3.05, 3.63) is 29.5 Å². The summed E-state index contributed by atoms with van der Waals surface area (Å²) in [5.41, 5.74) is 1.42. The van der Waals surface area contributed by atoms with Crippen LogP contribution in [0.1, 0.15) is 27.8 Å². The molecule has 1 unspecified atom stereocenters. The molecule has 1 fully saturated rings. The van der Waals surface area contributed by atoms with Crippen LogP contribution in [0, 0.1) is 0 Å². The zero-order chi connectivity index (χ0) is 14.8. The second kappa shape index (κ2) is 5.57. The number of ether oxygens (including phenoxy) is 3. The number of carbonyl (C=O) groups excluding carboxylic acids is 2. The molecular formula is C15H15NO5. The SMILES string of the molecule is CCOC(=O)c1cc2c(C=O)c(OCC3CO3)ccc2[nH]1. The first-order valence-electron chi connectivity index (χ1n) is 6.75. The number of carbonyl (C=O) groups is 2. The fraction of sp³-hybridized carbons (Fsp3) is 0.333. The molecule has 1 saturated heterocycles. The standard InChI is InChI=1S/C15H15NO5/c1-2-19-15(18)13-5-10-11(6-17)14(4-3-12(10)16-13)21-8-9-7-20-9/h3-6,9,16H,2,7-8H2,1H3. The van der Waals surface area contributed by atoms with Gasteiger partial charge in [0.15, 0.2) is 6.29 Å². The summed E-state index contributed by atoms with van der Waals surface area (Å²) in [5, 5.41) is 0.641. The minimum atomic E-state index is -0.445. The van der Waals surface area contributed by atoms with E-state index in [4.69, 9.17) is 14.2 Å². The highest BCUT2D eigenvalue weighted by Gasteiger charge is 2.24. The van der Waals surface area contributed by atoms with Crippen LogP contribution in [-0.4, -0.2) is 43.2 Å². The van der Waals surface area contributed by atoms with Gasteiger partial charge in [0, 0.05) is 10.9 Å². The van der Waals surface area contributed by atoms with Crippen molar-refractivity contribution in [2.24, 2.45) is 0 Å². The van der Waals surface area contributed by atoms with Crippen molar-refractivity contribution >= 4 is 23.2 Å². The minimum Gasteiger partial charge on any atom is -0.490 e. The third-order valence-electron chi connectivity index (χ3n) is 3.25. The lowest BCUT2D eigenvalue weighted by Crippen LogP contribution is -2.05. The van der Waals surface area contributed by atoms with Gasteiger partial charge in [-0.25, -0.2) is 4.79 Å². The molecule has 2 aromatic rings. The molecule has 0 saturated carbocycles. The predicted octanol–water partition coefficient (Wildman–Crippen LogP) is 1.93. The summed E-state index contributed by atoms with van der Waals surface area (Å²) in [4.78, 5) is 26.0. The van der Waals surface area contributed by atoms with Crippen LogP contribution in [0.25, 0.3) is 10.9 Å². The summed E-state index contributed by atoms with van der Waals surface area (Å²) in [6.07, 6.45) is 0.843. The fourth-order valence-electron chi connectivity index (χ4n) is 2.12. The molecule has 3 rings (SSSR count). The number of aldehydes is 1. The van der Waals surface area contributed by atoms with Gasteiger partial charge in [-0.15, -0.1) is 0 Å². The summed E-state index contributed by atoms with van der Waals surface area (Å²) in [5.74, 6) is 0.0433. The van der Waals surface area contributed by atoms with Crippen molar-refractivity contribution in [3.8, 4) is 5.75 Å². The van der Waals surface area contributed by atoms with E-state index in [1.165, 1.54) is 0 Å². The van der Waals surface area contributed by atoms with E-state index in [2.05, 4.69) is 4.98 Å². The minimum absolute atomic E-state index is 0.113. The molecule has 0 spiro atoms. The Kier molecular flexibility index (Phi) is 3.62. The van der Waals surface area contributed by atoms with Gasteiger partial charge >= 0.3 is 5.97 Å². The molecule has 1 aromatic heterocycles. The Morgan fingerprint density at radius 3 is 3.00 bits per heavy atom. The van der Waals surface area contributed by atoms with Crippen LogP contribution in [0.3, 0.4) is 0 Å². The van der Waals surface area contributed by atoms with Gasteiger partial charge in [-0.2, -0.15) is 0 Å². The Hall–Kier alpha value is -2.34. The van der Waals surface area contributed by atoms with Crippen LogP contribution in [0.4, 0.5) is 0 Å². The topological polar surface area (TPSA) is 80.9 Å². The smallest absolute Gasteiger partial charge is 0.354 e. The summed E-state index contributed by atoms with van der Waals surface area (Å²) >= 11 is 0. The number of rotatable bonds is 6.